The van der Waals surface area contributed by atoms with Crippen LogP contribution in [0.2, 0.25) is 0 Å². The van der Waals surface area contributed by atoms with E-state index in [-0.39, 0.29) is 24.0 Å². The molecule has 1 fully saturated rings. The maximum atomic E-state index is 5.66. The van der Waals surface area contributed by atoms with Crippen LogP contribution in [0.15, 0.2) is 17.4 Å². The summed E-state index contributed by atoms with van der Waals surface area (Å²) in [5.41, 5.74) is 0. The third kappa shape index (κ3) is 9.56. The van der Waals surface area contributed by atoms with E-state index in [0.29, 0.717) is 12.1 Å². The monoisotopic (exact) mass is 506 g/mol. The lowest BCUT2D eigenvalue weighted by Crippen LogP contribution is -2.49. The first-order chi connectivity index (χ1) is 13.1. The Morgan fingerprint density at radius 2 is 2.04 bits per heavy atom. The number of hydrogen-bond acceptors (Lipinski definition) is 4. The highest BCUT2D eigenvalue weighted by Crippen LogP contribution is 2.10. The van der Waals surface area contributed by atoms with E-state index in [0.717, 1.165) is 76.8 Å². The van der Waals surface area contributed by atoms with Gasteiger partial charge in [-0.1, -0.05) is 0 Å². The minimum Gasteiger partial charge on any atom is -0.377 e. The van der Waals surface area contributed by atoms with Gasteiger partial charge in [0.15, 0.2) is 5.96 Å². The van der Waals surface area contributed by atoms with E-state index in [1.807, 2.05) is 26.4 Å². The van der Waals surface area contributed by atoms with Crippen molar-refractivity contribution in [3.05, 3.63) is 18.2 Å². The Labute approximate surface area is 187 Å². The molecule has 0 atom stereocenters. The van der Waals surface area contributed by atoms with Crippen molar-refractivity contribution in [2.24, 2.45) is 4.99 Å². The molecule has 7 nitrogen and oxygen atoms in total. The molecule has 1 aliphatic rings. The maximum absolute atomic E-state index is 5.66. The van der Waals surface area contributed by atoms with Gasteiger partial charge in [-0.3, -0.25) is 4.99 Å². The normalized spacial score (nSPS) is 16.2. The Morgan fingerprint density at radius 1 is 1.29 bits per heavy atom. The molecule has 162 valence electrons. The second kappa shape index (κ2) is 14.2. The molecule has 8 heteroatoms. The zero-order valence-electron chi connectivity index (χ0n) is 18.0. The molecule has 1 aromatic heterocycles. The lowest BCUT2D eigenvalue weighted by molar-refractivity contribution is 0.0532. The van der Waals surface area contributed by atoms with E-state index in [4.69, 9.17) is 4.74 Å². The predicted octanol–water partition coefficient (Wildman–Crippen LogP) is 2.64. The second-order valence-electron chi connectivity index (χ2n) is 7.55. The molecule has 1 saturated heterocycles. The molecule has 2 heterocycles. The molecule has 0 spiro atoms. The highest BCUT2D eigenvalue weighted by Gasteiger charge is 2.19. The van der Waals surface area contributed by atoms with Crippen molar-refractivity contribution in [2.75, 3.05) is 39.8 Å². The van der Waals surface area contributed by atoms with Crippen LogP contribution in [-0.2, 0) is 11.3 Å². The third-order valence-corrected chi connectivity index (χ3v) is 5.05. The Kier molecular flexibility index (Phi) is 12.7. The van der Waals surface area contributed by atoms with Gasteiger partial charge >= 0.3 is 0 Å². The van der Waals surface area contributed by atoms with Gasteiger partial charge in [-0.15, -0.1) is 24.0 Å². The van der Waals surface area contributed by atoms with E-state index in [2.05, 4.69) is 43.9 Å². The zero-order chi connectivity index (χ0) is 19.5. The highest BCUT2D eigenvalue weighted by atomic mass is 127. The van der Waals surface area contributed by atoms with Crippen LogP contribution in [0.3, 0.4) is 0 Å². The molecule has 0 unspecified atom stereocenters. The number of imidazole rings is 1. The van der Waals surface area contributed by atoms with Crippen LogP contribution in [0, 0.1) is 6.92 Å². The van der Waals surface area contributed by atoms with Crippen LogP contribution in [0.1, 0.15) is 45.4 Å². The van der Waals surface area contributed by atoms with E-state index < -0.39 is 0 Å². The summed E-state index contributed by atoms with van der Waals surface area (Å²) in [7, 11) is 1.85. The number of guanidine groups is 1. The summed E-state index contributed by atoms with van der Waals surface area (Å²) in [4.78, 5) is 11.1. The van der Waals surface area contributed by atoms with Crippen molar-refractivity contribution in [1.29, 1.82) is 0 Å². The first kappa shape index (κ1) is 25.2. The number of piperidine rings is 1. The van der Waals surface area contributed by atoms with Crippen molar-refractivity contribution in [1.82, 2.24) is 25.1 Å². The molecule has 0 saturated carbocycles. The number of nitrogens with zero attached hydrogens (tertiary/aromatic N) is 4. The number of likely N-dealkylation sites (tertiary alicyclic amines) is 1. The van der Waals surface area contributed by atoms with Gasteiger partial charge in [0.2, 0.25) is 0 Å². The van der Waals surface area contributed by atoms with Crippen LogP contribution in [0.4, 0.5) is 0 Å². The molecule has 0 aromatic carbocycles. The minimum absolute atomic E-state index is 0. The van der Waals surface area contributed by atoms with Crippen LogP contribution in [0.5, 0.6) is 0 Å². The highest BCUT2D eigenvalue weighted by molar-refractivity contribution is 14.0. The largest absolute Gasteiger partial charge is 0.377 e. The smallest absolute Gasteiger partial charge is 0.191 e. The van der Waals surface area contributed by atoms with Gasteiger partial charge in [0.05, 0.1) is 12.7 Å². The minimum atomic E-state index is 0. The molecule has 2 rings (SSSR count). The van der Waals surface area contributed by atoms with Crippen molar-refractivity contribution in [3.8, 4) is 0 Å². The molecule has 1 aliphatic heterocycles. The van der Waals surface area contributed by atoms with Crippen LogP contribution in [-0.4, -0.2) is 72.4 Å². The average Bonchev–Trinajstić information content (AvgIpc) is 3.06. The summed E-state index contributed by atoms with van der Waals surface area (Å²) in [5.74, 6) is 2.01. The van der Waals surface area contributed by atoms with Crippen LogP contribution in [0.25, 0.3) is 0 Å². The van der Waals surface area contributed by atoms with Gasteiger partial charge in [-0.05, 0) is 46.5 Å². The van der Waals surface area contributed by atoms with E-state index in [1.165, 1.54) is 0 Å². The second-order valence-corrected chi connectivity index (χ2v) is 7.55. The average molecular weight is 506 g/mol. The molecular weight excluding hydrogens is 467 g/mol. The summed E-state index contributed by atoms with van der Waals surface area (Å²) >= 11 is 0. The molecular formula is C20H39IN6O. The van der Waals surface area contributed by atoms with E-state index in [1.54, 1.807) is 0 Å². The Hall–Kier alpha value is -0.870. The van der Waals surface area contributed by atoms with Crippen molar-refractivity contribution in [3.63, 3.8) is 0 Å². The number of aryl methyl sites for hydroxylation is 2. The lowest BCUT2D eigenvalue weighted by atomic mass is 10.1. The lowest BCUT2D eigenvalue weighted by Gasteiger charge is -2.33. The number of halogens is 1. The molecule has 1 aromatic rings. The fourth-order valence-corrected chi connectivity index (χ4v) is 3.36. The fraction of sp³-hybridized carbons (Fsp3) is 0.800. The summed E-state index contributed by atoms with van der Waals surface area (Å²) in [6.07, 6.45) is 8.80. The number of rotatable bonds is 10. The standard InChI is InChI=1S/C20H38N6O.HI/c1-17(2)27-16-15-25-12-7-19(8-13-25)24-20(21-4)23-9-5-6-11-26-14-10-22-18(26)3;/h10,14,17,19H,5-9,11-13,15-16H2,1-4H3,(H2,21,23,24);1H. The fourth-order valence-electron chi connectivity index (χ4n) is 3.36. The molecule has 2 N–H and O–H groups in total. The molecule has 28 heavy (non-hydrogen) atoms. The molecule has 0 radical (unpaired) electrons. The first-order valence-electron chi connectivity index (χ1n) is 10.4. The van der Waals surface area contributed by atoms with E-state index >= 15 is 0 Å². The number of hydrogen-bond donors (Lipinski definition) is 2. The number of unbranched alkanes of at least 4 members (excludes halogenated alkanes) is 1. The molecule has 0 bridgehead atoms. The maximum Gasteiger partial charge on any atom is 0.191 e. The summed E-state index contributed by atoms with van der Waals surface area (Å²) < 4.78 is 7.86. The van der Waals surface area contributed by atoms with Crippen molar-refractivity contribution < 1.29 is 4.74 Å². The third-order valence-electron chi connectivity index (χ3n) is 5.05. The molecule has 0 aliphatic carbocycles. The van der Waals surface area contributed by atoms with Crippen molar-refractivity contribution >= 4 is 29.9 Å². The number of aliphatic imine (C=N–C) groups is 1. The van der Waals surface area contributed by atoms with Gasteiger partial charge in [0.1, 0.15) is 5.82 Å². The number of ether oxygens (including phenoxy) is 1. The summed E-state index contributed by atoms with van der Waals surface area (Å²) in [5, 5.41) is 7.03. The topological polar surface area (TPSA) is 66.7 Å². The van der Waals surface area contributed by atoms with Crippen LogP contribution < -0.4 is 10.6 Å². The quantitative estimate of drug-likeness (QED) is 0.221. The Bertz CT molecular complexity index is 555. The van der Waals surface area contributed by atoms with Crippen molar-refractivity contribution in [2.45, 2.75) is 65.1 Å². The Balaban J connectivity index is 0.00000392. The zero-order valence-corrected chi connectivity index (χ0v) is 20.3. The first-order valence-corrected chi connectivity index (χ1v) is 10.4. The predicted molar refractivity (Wildman–Crippen MR) is 127 cm³/mol. The van der Waals surface area contributed by atoms with Gasteiger partial charge in [-0.25, -0.2) is 4.98 Å². The number of nitrogens with one attached hydrogen (secondary N) is 2. The number of aromatic nitrogens is 2. The van der Waals surface area contributed by atoms with Gasteiger partial charge in [0.25, 0.3) is 0 Å². The van der Waals surface area contributed by atoms with Gasteiger partial charge in [-0.2, -0.15) is 0 Å². The molecule has 0 amide bonds. The van der Waals surface area contributed by atoms with E-state index in [9.17, 15) is 0 Å². The van der Waals surface area contributed by atoms with Gasteiger partial charge in [0, 0.05) is 58.2 Å². The summed E-state index contributed by atoms with van der Waals surface area (Å²) in [6.45, 7) is 12.3. The van der Waals surface area contributed by atoms with Gasteiger partial charge < -0.3 is 24.8 Å². The summed E-state index contributed by atoms with van der Waals surface area (Å²) in [6, 6.07) is 0.507. The SMILES string of the molecule is CN=C(NCCCCn1ccnc1C)NC1CCN(CCOC(C)C)CC1.I. The van der Waals surface area contributed by atoms with Crippen LogP contribution >= 0.6 is 24.0 Å². The Morgan fingerprint density at radius 3 is 2.64 bits per heavy atom.